The summed E-state index contributed by atoms with van der Waals surface area (Å²) < 4.78 is 5.71. The first-order chi connectivity index (χ1) is 9.79. The van der Waals surface area contributed by atoms with Gasteiger partial charge in [-0.3, -0.25) is 4.79 Å². The molecule has 1 amide bonds. The number of thiophene rings is 1. The van der Waals surface area contributed by atoms with Crippen LogP contribution in [-0.4, -0.2) is 41.9 Å². The lowest BCUT2D eigenvalue weighted by Gasteiger charge is -2.32. The van der Waals surface area contributed by atoms with Crippen molar-refractivity contribution < 1.29 is 9.53 Å². The van der Waals surface area contributed by atoms with Crippen molar-refractivity contribution in [2.75, 3.05) is 25.0 Å². The van der Waals surface area contributed by atoms with E-state index < -0.39 is 0 Å². The molecule has 1 aliphatic heterocycles. The summed E-state index contributed by atoms with van der Waals surface area (Å²) in [6.45, 7) is 2.47. The first-order valence-electron chi connectivity index (χ1n) is 7.27. The Bertz CT molecular complexity index is 389. The van der Waals surface area contributed by atoms with Crippen LogP contribution in [-0.2, 0) is 16.0 Å². The molecule has 20 heavy (non-hydrogen) atoms. The summed E-state index contributed by atoms with van der Waals surface area (Å²) in [4.78, 5) is 15.5. The second-order valence-electron chi connectivity index (χ2n) is 5.07. The monoisotopic (exact) mass is 359 g/mol. The molecule has 0 aromatic carbocycles. The van der Waals surface area contributed by atoms with Crippen LogP contribution in [0.15, 0.2) is 17.5 Å². The summed E-state index contributed by atoms with van der Waals surface area (Å²) >= 11 is 5.14. The van der Waals surface area contributed by atoms with E-state index in [1.54, 1.807) is 11.3 Å². The van der Waals surface area contributed by atoms with Crippen molar-refractivity contribution in [3.63, 3.8) is 0 Å². The highest BCUT2D eigenvalue weighted by molar-refractivity contribution is 9.09. The minimum absolute atomic E-state index is 0.306. The van der Waals surface area contributed by atoms with Gasteiger partial charge in [-0.1, -0.05) is 22.0 Å². The van der Waals surface area contributed by atoms with E-state index in [1.165, 1.54) is 4.88 Å². The van der Waals surface area contributed by atoms with Crippen molar-refractivity contribution in [2.45, 2.75) is 38.2 Å². The number of amides is 1. The molecule has 0 aliphatic carbocycles. The summed E-state index contributed by atoms with van der Waals surface area (Å²) in [5.41, 5.74) is 0. The molecular formula is C15H22BrNO2S. The zero-order valence-corrected chi connectivity index (χ0v) is 14.1. The summed E-state index contributed by atoms with van der Waals surface area (Å²) in [5, 5.41) is 2.98. The summed E-state index contributed by atoms with van der Waals surface area (Å²) in [5.74, 6) is 0.306. The zero-order valence-electron chi connectivity index (χ0n) is 11.7. The van der Waals surface area contributed by atoms with Gasteiger partial charge in [0.2, 0.25) is 5.91 Å². The molecule has 2 rings (SSSR count). The Labute approximate surface area is 133 Å². The van der Waals surface area contributed by atoms with E-state index in [1.807, 2.05) is 4.90 Å². The Hall–Kier alpha value is -0.390. The highest BCUT2D eigenvalue weighted by Gasteiger charge is 2.22. The first kappa shape index (κ1) is 16.0. The maximum Gasteiger partial charge on any atom is 0.222 e. The summed E-state index contributed by atoms with van der Waals surface area (Å²) in [6, 6.07) is 4.21. The molecule has 1 saturated heterocycles. The standard InChI is InChI=1S/C15H22BrNO2S/c16-8-11-19-13-6-9-17(10-7-13)15(18)5-1-3-14-4-2-12-20-14/h2,4,12-13H,1,3,5-11H2. The number of rotatable bonds is 7. The van der Waals surface area contributed by atoms with Gasteiger partial charge >= 0.3 is 0 Å². The molecule has 0 bridgehead atoms. The maximum absolute atomic E-state index is 12.1. The van der Waals surface area contributed by atoms with Crippen LogP contribution in [0.1, 0.15) is 30.6 Å². The molecule has 1 aliphatic rings. The van der Waals surface area contributed by atoms with Crippen LogP contribution >= 0.6 is 27.3 Å². The average molecular weight is 360 g/mol. The van der Waals surface area contributed by atoms with Crippen LogP contribution in [0.3, 0.4) is 0 Å². The summed E-state index contributed by atoms with van der Waals surface area (Å²) in [7, 11) is 0. The van der Waals surface area contributed by atoms with E-state index in [0.29, 0.717) is 18.4 Å². The lowest BCUT2D eigenvalue weighted by Crippen LogP contribution is -2.41. The number of hydrogen-bond donors (Lipinski definition) is 0. The minimum atomic E-state index is 0.306. The molecule has 5 heteroatoms. The normalized spacial score (nSPS) is 16.6. The Morgan fingerprint density at radius 2 is 2.25 bits per heavy atom. The number of alkyl halides is 1. The summed E-state index contributed by atoms with van der Waals surface area (Å²) in [6.07, 6.45) is 4.94. The van der Waals surface area contributed by atoms with E-state index in [4.69, 9.17) is 4.74 Å². The second-order valence-corrected chi connectivity index (χ2v) is 6.90. The van der Waals surface area contributed by atoms with E-state index in [-0.39, 0.29) is 0 Å². The van der Waals surface area contributed by atoms with Crippen LogP contribution in [0.2, 0.25) is 0 Å². The van der Waals surface area contributed by atoms with Gasteiger partial charge in [0.05, 0.1) is 12.7 Å². The molecular weight excluding hydrogens is 338 g/mol. The molecule has 1 aromatic heterocycles. The highest BCUT2D eigenvalue weighted by Crippen LogP contribution is 2.16. The second kappa shape index (κ2) is 8.80. The van der Waals surface area contributed by atoms with E-state index in [2.05, 4.69) is 33.4 Å². The number of likely N-dealkylation sites (tertiary alicyclic amines) is 1. The lowest BCUT2D eigenvalue weighted by atomic mass is 10.1. The Morgan fingerprint density at radius 3 is 2.90 bits per heavy atom. The number of carbonyl (C=O) groups is 1. The van der Waals surface area contributed by atoms with Gasteiger partial charge in [-0.15, -0.1) is 11.3 Å². The number of hydrogen-bond acceptors (Lipinski definition) is 3. The molecule has 0 spiro atoms. The van der Waals surface area contributed by atoms with Gasteiger partial charge in [0, 0.05) is 29.7 Å². The topological polar surface area (TPSA) is 29.5 Å². The van der Waals surface area contributed by atoms with Crippen LogP contribution in [0.25, 0.3) is 0 Å². The number of aryl methyl sites for hydroxylation is 1. The van der Waals surface area contributed by atoms with Crippen molar-refractivity contribution >= 4 is 33.2 Å². The zero-order chi connectivity index (χ0) is 14.2. The number of ether oxygens (including phenoxy) is 1. The van der Waals surface area contributed by atoms with Crippen LogP contribution < -0.4 is 0 Å². The third kappa shape index (κ3) is 5.19. The van der Waals surface area contributed by atoms with Gasteiger partial charge in [-0.05, 0) is 37.1 Å². The fourth-order valence-electron chi connectivity index (χ4n) is 2.51. The lowest BCUT2D eigenvalue weighted by molar-refractivity contribution is -0.133. The van der Waals surface area contributed by atoms with Gasteiger partial charge in [-0.25, -0.2) is 0 Å². The molecule has 0 saturated carbocycles. The molecule has 0 radical (unpaired) electrons. The number of carbonyl (C=O) groups excluding carboxylic acids is 1. The highest BCUT2D eigenvalue weighted by atomic mass is 79.9. The van der Waals surface area contributed by atoms with Crippen LogP contribution in [0, 0.1) is 0 Å². The Balaban J connectivity index is 1.61. The van der Waals surface area contributed by atoms with Gasteiger partial charge in [-0.2, -0.15) is 0 Å². The van der Waals surface area contributed by atoms with E-state index in [0.717, 1.165) is 50.7 Å². The molecule has 2 heterocycles. The fourth-order valence-corrected chi connectivity index (χ4v) is 3.45. The largest absolute Gasteiger partial charge is 0.377 e. The van der Waals surface area contributed by atoms with E-state index >= 15 is 0 Å². The molecule has 3 nitrogen and oxygen atoms in total. The van der Waals surface area contributed by atoms with Crippen molar-refractivity contribution in [1.29, 1.82) is 0 Å². The third-order valence-electron chi connectivity index (χ3n) is 3.62. The average Bonchev–Trinajstić information content (AvgIpc) is 2.99. The number of nitrogens with zero attached hydrogens (tertiary/aromatic N) is 1. The number of piperidine rings is 1. The van der Waals surface area contributed by atoms with Gasteiger partial charge in [0.1, 0.15) is 0 Å². The quantitative estimate of drug-likeness (QED) is 0.697. The smallest absolute Gasteiger partial charge is 0.222 e. The SMILES string of the molecule is O=C(CCCc1cccs1)N1CCC(OCCBr)CC1. The Morgan fingerprint density at radius 1 is 1.45 bits per heavy atom. The van der Waals surface area contributed by atoms with Crippen molar-refractivity contribution in [3.8, 4) is 0 Å². The van der Waals surface area contributed by atoms with Crippen LogP contribution in [0.4, 0.5) is 0 Å². The van der Waals surface area contributed by atoms with Crippen molar-refractivity contribution in [1.82, 2.24) is 4.90 Å². The molecule has 112 valence electrons. The van der Waals surface area contributed by atoms with E-state index in [9.17, 15) is 4.79 Å². The van der Waals surface area contributed by atoms with Gasteiger partial charge in [0.25, 0.3) is 0 Å². The number of halogens is 1. The fraction of sp³-hybridized carbons (Fsp3) is 0.667. The molecule has 1 fully saturated rings. The van der Waals surface area contributed by atoms with Crippen LogP contribution in [0.5, 0.6) is 0 Å². The van der Waals surface area contributed by atoms with Gasteiger partial charge < -0.3 is 9.64 Å². The molecule has 1 aromatic rings. The molecule has 0 unspecified atom stereocenters. The Kier molecular flexibility index (Phi) is 7.03. The maximum atomic E-state index is 12.1. The minimum Gasteiger partial charge on any atom is -0.377 e. The molecule has 0 N–H and O–H groups in total. The predicted octanol–water partition coefficient (Wildman–Crippen LogP) is 3.47. The third-order valence-corrected chi connectivity index (χ3v) is 4.88. The first-order valence-corrected chi connectivity index (χ1v) is 9.27. The van der Waals surface area contributed by atoms with Gasteiger partial charge in [0.15, 0.2) is 0 Å². The van der Waals surface area contributed by atoms with Crippen molar-refractivity contribution in [2.24, 2.45) is 0 Å². The molecule has 0 atom stereocenters. The van der Waals surface area contributed by atoms with Crippen molar-refractivity contribution in [3.05, 3.63) is 22.4 Å². The predicted molar refractivity (Wildman–Crippen MR) is 86.6 cm³/mol.